The quantitative estimate of drug-likeness (QED) is 0.413. The van der Waals surface area contributed by atoms with Gasteiger partial charge in [-0.25, -0.2) is 4.39 Å². The Kier molecular flexibility index (Phi) is 5.30. The molecule has 0 spiro atoms. The molecule has 0 atom stereocenters. The molecule has 1 rings (SSSR count). The molecule has 0 aromatic heterocycles. The van der Waals surface area contributed by atoms with Crippen LogP contribution < -0.4 is 5.32 Å². The largest absolute Gasteiger partial charge is 0.394 e. The minimum Gasteiger partial charge on any atom is -0.394 e. The maximum Gasteiger partial charge on any atom is 0.270 e. The molecule has 0 aliphatic heterocycles. The first-order valence-electron chi connectivity index (χ1n) is 5.90. The number of halogens is 1. The molecule has 8 nitrogen and oxygen atoms in total. The Bertz CT molecular complexity index is 551. The summed E-state index contributed by atoms with van der Waals surface area (Å²) < 4.78 is 13.9. The number of hydrogen-bond acceptors (Lipinski definition) is 6. The van der Waals surface area contributed by atoms with E-state index < -0.39 is 53.3 Å². The minimum absolute atomic E-state index is 0.100. The van der Waals surface area contributed by atoms with Crippen molar-refractivity contribution in [2.45, 2.75) is 12.5 Å². The molecule has 4 N–H and O–H groups in total. The van der Waals surface area contributed by atoms with Crippen LogP contribution in [0.5, 0.6) is 0 Å². The van der Waals surface area contributed by atoms with Crippen molar-refractivity contribution in [3.05, 3.63) is 39.2 Å². The zero-order valence-electron chi connectivity index (χ0n) is 11.2. The summed E-state index contributed by atoms with van der Waals surface area (Å²) in [7, 11) is 0. The highest BCUT2D eigenvalue weighted by molar-refractivity contribution is 5.96. The van der Waals surface area contributed by atoms with E-state index in [2.05, 4.69) is 5.32 Å². The van der Waals surface area contributed by atoms with Gasteiger partial charge < -0.3 is 20.6 Å². The van der Waals surface area contributed by atoms with Gasteiger partial charge in [-0.1, -0.05) is 0 Å². The number of non-ortho nitro benzene ring substituents is 1. The van der Waals surface area contributed by atoms with Gasteiger partial charge in [0.05, 0.1) is 30.3 Å². The highest BCUT2D eigenvalue weighted by Crippen LogP contribution is 2.21. The Morgan fingerprint density at radius 3 is 2.29 bits per heavy atom. The summed E-state index contributed by atoms with van der Waals surface area (Å²) in [5.74, 6) is -2.04. The number of amides is 1. The zero-order valence-corrected chi connectivity index (χ0v) is 11.2. The van der Waals surface area contributed by atoms with Gasteiger partial charge in [0.15, 0.2) is 0 Å². The maximum absolute atomic E-state index is 13.9. The van der Waals surface area contributed by atoms with E-state index in [0.29, 0.717) is 0 Å². The van der Waals surface area contributed by atoms with Crippen molar-refractivity contribution >= 4 is 11.6 Å². The van der Waals surface area contributed by atoms with Crippen molar-refractivity contribution in [3.63, 3.8) is 0 Å². The van der Waals surface area contributed by atoms with Crippen molar-refractivity contribution < 1.29 is 29.4 Å². The number of aliphatic hydroxyl groups is 3. The fraction of sp³-hybridized carbons (Fsp3) is 0.417. The summed E-state index contributed by atoms with van der Waals surface area (Å²) >= 11 is 0. The molecule has 0 bridgehead atoms. The van der Waals surface area contributed by atoms with Crippen LogP contribution in [0.3, 0.4) is 0 Å². The number of hydrogen-bond donors (Lipinski definition) is 4. The van der Waals surface area contributed by atoms with Crippen LogP contribution in [0.25, 0.3) is 0 Å². The number of benzene rings is 1. The van der Waals surface area contributed by atoms with E-state index in [1.165, 1.54) is 6.92 Å². The third-order valence-electron chi connectivity index (χ3n) is 2.98. The highest BCUT2D eigenvalue weighted by atomic mass is 19.1. The fourth-order valence-electron chi connectivity index (χ4n) is 1.60. The number of carbonyl (C=O) groups is 1. The average molecular weight is 302 g/mol. The molecule has 0 aliphatic rings. The maximum atomic E-state index is 13.9. The molecule has 0 fully saturated rings. The lowest BCUT2D eigenvalue weighted by molar-refractivity contribution is -0.385. The molecule has 21 heavy (non-hydrogen) atoms. The predicted octanol–water partition coefficient (Wildman–Crippen LogP) is -0.512. The number of nitrogens with one attached hydrogen (secondary N) is 1. The SMILES string of the molecule is Cc1cc([N+](=O)[O-])cc(C(=O)NC(CO)(CO)CO)c1F. The number of rotatable bonds is 6. The molecule has 1 amide bonds. The normalized spacial score (nSPS) is 11.3. The molecular weight excluding hydrogens is 287 g/mol. The van der Waals surface area contributed by atoms with Crippen molar-refractivity contribution in [1.82, 2.24) is 5.32 Å². The number of nitro benzene ring substituents is 1. The van der Waals surface area contributed by atoms with Crippen LogP contribution >= 0.6 is 0 Å². The summed E-state index contributed by atoms with van der Waals surface area (Å²) in [5, 5.41) is 40.1. The van der Waals surface area contributed by atoms with Crippen LogP contribution in [0.15, 0.2) is 12.1 Å². The molecule has 0 radical (unpaired) electrons. The number of aryl methyl sites for hydroxylation is 1. The zero-order chi connectivity index (χ0) is 16.2. The highest BCUT2D eigenvalue weighted by Gasteiger charge is 2.32. The lowest BCUT2D eigenvalue weighted by atomic mass is 10.0. The van der Waals surface area contributed by atoms with Gasteiger partial charge >= 0.3 is 0 Å². The van der Waals surface area contributed by atoms with Gasteiger partial charge in [0, 0.05) is 12.1 Å². The van der Waals surface area contributed by atoms with Gasteiger partial charge in [-0.15, -0.1) is 0 Å². The minimum atomic E-state index is -1.75. The lowest BCUT2D eigenvalue weighted by Gasteiger charge is -2.28. The fourth-order valence-corrected chi connectivity index (χ4v) is 1.60. The standard InChI is InChI=1S/C12H15FN2O6/c1-7-2-8(15(20)21)3-9(10(7)13)11(19)14-12(4-16,5-17)6-18/h2-3,16-18H,4-6H2,1H3,(H,14,19). The van der Waals surface area contributed by atoms with E-state index in [0.717, 1.165) is 12.1 Å². The molecule has 1 aromatic rings. The molecule has 1 aromatic carbocycles. The second kappa shape index (κ2) is 6.57. The number of aliphatic hydroxyl groups excluding tert-OH is 3. The summed E-state index contributed by atoms with van der Waals surface area (Å²) in [6.45, 7) is -1.11. The first-order chi connectivity index (χ1) is 9.80. The van der Waals surface area contributed by atoms with E-state index in [-0.39, 0.29) is 5.56 Å². The predicted molar refractivity (Wildman–Crippen MR) is 69.2 cm³/mol. The van der Waals surface area contributed by atoms with E-state index >= 15 is 0 Å². The van der Waals surface area contributed by atoms with Gasteiger partial charge in [0.2, 0.25) is 0 Å². The second-order valence-electron chi connectivity index (χ2n) is 4.59. The van der Waals surface area contributed by atoms with Gasteiger partial charge in [-0.2, -0.15) is 0 Å². The van der Waals surface area contributed by atoms with Crippen molar-refractivity contribution in [1.29, 1.82) is 0 Å². The summed E-state index contributed by atoms with van der Waals surface area (Å²) in [4.78, 5) is 21.9. The molecular formula is C12H15FN2O6. The lowest BCUT2D eigenvalue weighted by Crippen LogP contribution is -2.57. The smallest absolute Gasteiger partial charge is 0.270 e. The van der Waals surface area contributed by atoms with Gasteiger partial charge in [0.1, 0.15) is 11.4 Å². The van der Waals surface area contributed by atoms with Crippen LogP contribution in [0.4, 0.5) is 10.1 Å². The van der Waals surface area contributed by atoms with Crippen LogP contribution in [-0.2, 0) is 0 Å². The van der Waals surface area contributed by atoms with E-state index in [1.54, 1.807) is 0 Å². The third-order valence-corrected chi connectivity index (χ3v) is 2.98. The Morgan fingerprint density at radius 1 is 1.33 bits per heavy atom. The molecule has 0 heterocycles. The van der Waals surface area contributed by atoms with Crippen molar-refractivity contribution in [2.75, 3.05) is 19.8 Å². The molecule has 0 saturated heterocycles. The molecule has 0 aliphatic carbocycles. The number of nitro groups is 1. The summed E-state index contributed by atoms with van der Waals surface area (Å²) in [6.07, 6.45) is 0. The van der Waals surface area contributed by atoms with Gasteiger partial charge in [-0.05, 0) is 12.5 Å². The number of nitrogens with zero attached hydrogens (tertiary/aromatic N) is 1. The van der Waals surface area contributed by atoms with Crippen molar-refractivity contribution in [3.8, 4) is 0 Å². The topological polar surface area (TPSA) is 133 Å². The van der Waals surface area contributed by atoms with E-state index in [4.69, 9.17) is 15.3 Å². The van der Waals surface area contributed by atoms with Gasteiger partial charge in [0.25, 0.3) is 11.6 Å². The van der Waals surface area contributed by atoms with Crippen molar-refractivity contribution in [2.24, 2.45) is 0 Å². The molecule has 0 unspecified atom stereocenters. The Labute approximate surface area is 119 Å². The molecule has 116 valence electrons. The average Bonchev–Trinajstić information content (AvgIpc) is 2.47. The third kappa shape index (κ3) is 3.51. The number of carbonyl (C=O) groups excluding carboxylic acids is 1. The van der Waals surface area contributed by atoms with Crippen LogP contribution in [-0.4, -0.2) is 51.5 Å². The Balaban J connectivity index is 3.21. The monoisotopic (exact) mass is 302 g/mol. The van der Waals surface area contributed by atoms with E-state index in [9.17, 15) is 19.3 Å². The van der Waals surface area contributed by atoms with Gasteiger partial charge in [-0.3, -0.25) is 14.9 Å². The first kappa shape index (κ1) is 17.0. The Morgan fingerprint density at radius 2 is 1.86 bits per heavy atom. The summed E-state index contributed by atoms with van der Waals surface area (Å²) in [6, 6.07) is 1.72. The molecule has 9 heteroatoms. The first-order valence-corrected chi connectivity index (χ1v) is 5.90. The summed E-state index contributed by atoms with van der Waals surface area (Å²) in [5.41, 5.74) is -2.93. The van der Waals surface area contributed by atoms with Crippen LogP contribution in [0.1, 0.15) is 15.9 Å². The van der Waals surface area contributed by atoms with E-state index in [1.807, 2.05) is 0 Å². The second-order valence-corrected chi connectivity index (χ2v) is 4.59. The van der Waals surface area contributed by atoms with Crippen LogP contribution in [0, 0.1) is 22.9 Å². The van der Waals surface area contributed by atoms with Crippen LogP contribution in [0.2, 0.25) is 0 Å². The Hall–Kier alpha value is -2.10. The molecule has 0 saturated carbocycles.